The predicted octanol–water partition coefficient (Wildman–Crippen LogP) is 4.65. The number of hydrogen-bond acceptors (Lipinski definition) is 20. The Balaban J connectivity index is 0.000000145. The Morgan fingerprint density at radius 2 is 1.18 bits per heavy atom. The Morgan fingerprint density at radius 3 is 1.68 bits per heavy atom. The lowest BCUT2D eigenvalue weighted by Gasteiger charge is -2.47. The molecule has 2 aromatic carbocycles. The lowest BCUT2D eigenvalue weighted by atomic mass is 9.84. The second-order valence-electron chi connectivity index (χ2n) is 21.6. The van der Waals surface area contributed by atoms with E-state index in [1.54, 1.807) is 36.4 Å². The molecule has 12 rings (SSSR count). The van der Waals surface area contributed by atoms with Crippen LogP contribution in [0, 0.1) is 11.6 Å². The third-order valence-corrected chi connectivity index (χ3v) is 15.1. The number of halogens is 3. The van der Waals surface area contributed by atoms with E-state index in [4.69, 9.17) is 36.3 Å². The zero-order chi connectivity index (χ0) is 54.2. The molecular weight excluding hydrogens is 1020 g/mol. The average molecular weight is 1090 g/mol. The number of nitrogens with two attached hydrogens (primary N) is 1. The fourth-order valence-electron chi connectivity index (χ4n) is 11.2. The van der Waals surface area contributed by atoms with Crippen molar-refractivity contribution < 1.29 is 27.7 Å². The molecule has 0 saturated carbocycles. The molecule has 4 atom stereocenters. The molecule has 0 radical (unpaired) electrons. The van der Waals surface area contributed by atoms with Crippen molar-refractivity contribution in [1.29, 1.82) is 0 Å². The second kappa shape index (κ2) is 22.2. The van der Waals surface area contributed by atoms with Crippen molar-refractivity contribution in [2.45, 2.75) is 127 Å². The first kappa shape index (κ1) is 53.5. The summed E-state index contributed by atoms with van der Waals surface area (Å²) in [5.41, 5.74) is 7.14. The Labute approximate surface area is 447 Å². The quantitative estimate of drug-likeness (QED) is 0.0960. The van der Waals surface area contributed by atoms with E-state index in [9.17, 15) is 18.4 Å². The van der Waals surface area contributed by atoms with Gasteiger partial charge < -0.3 is 40.6 Å². The van der Waals surface area contributed by atoms with Gasteiger partial charge in [-0.15, -0.1) is 0 Å². The fraction of sp³-hybridized carbons (Fsp3) is 0.560. The maximum absolute atomic E-state index is 14.8. The SMILES string of the molecule is CC1(C)CC(Nc2nc(Cl)ncc2F)CC2CCCN21.Cn1nnn(-c2cc(N)ccc2OC2COC2)c1=O.Cn1nnn(-c2cc(Nc3ncc(F)c(NC4CC5CCCN5C(C)(C)C4)n3)ccc2OC2COC2)c1=O. The number of hydrogen-bond donors (Lipinski definition) is 4. The molecule has 27 heteroatoms. The van der Waals surface area contributed by atoms with E-state index in [1.165, 1.54) is 46.3 Å². The largest absolute Gasteiger partial charge is 0.483 e. The van der Waals surface area contributed by atoms with Gasteiger partial charge in [0.2, 0.25) is 11.2 Å². The molecule has 0 spiro atoms. The summed E-state index contributed by atoms with van der Waals surface area (Å²) in [5.74, 6) is 0.675. The molecule has 6 aliphatic rings. The minimum absolute atomic E-state index is 0.00486. The number of tetrazole rings is 2. The summed E-state index contributed by atoms with van der Waals surface area (Å²) >= 11 is 5.74. The van der Waals surface area contributed by atoms with Gasteiger partial charge in [-0.25, -0.2) is 28.3 Å². The van der Waals surface area contributed by atoms with Gasteiger partial charge in [-0.2, -0.15) is 28.7 Å². The van der Waals surface area contributed by atoms with Crippen LogP contribution in [0.3, 0.4) is 0 Å². The number of benzene rings is 2. The average Bonchev–Trinajstić information content (AvgIpc) is 4.18. The van der Waals surface area contributed by atoms with Gasteiger partial charge in [0, 0.05) is 60.7 Å². The van der Waals surface area contributed by atoms with Crippen LogP contribution in [0.2, 0.25) is 5.28 Å². The first-order chi connectivity index (χ1) is 36.9. The summed E-state index contributed by atoms with van der Waals surface area (Å²) in [6.07, 6.45) is 10.9. The van der Waals surface area contributed by atoms with E-state index in [0.29, 0.717) is 72.8 Å². The first-order valence-electron chi connectivity index (χ1n) is 25.9. The van der Waals surface area contributed by atoms with E-state index in [1.807, 2.05) is 0 Å². The first-order valence-corrected chi connectivity index (χ1v) is 26.3. The van der Waals surface area contributed by atoms with Crippen LogP contribution in [0.5, 0.6) is 11.5 Å². The molecule has 6 fully saturated rings. The van der Waals surface area contributed by atoms with Crippen LogP contribution < -0.4 is 42.5 Å². The van der Waals surface area contributed by atoms with Gasteiger partial charge in [-0.3, -0.25) is 9.80 Å². The molecule has 10 heterocycles. The summed E-state index contributed by atoms with van der Waals surface area (Å²) in [4.78, 5) is 45.8. The number of ether oxygens (including phenoxy) is 4. The zero-order valence-electron chi connectivity index (χ0n) is 43.9. The van der Waals surface area contributed by atoms with Gasteiger partial charge in [0.25, 0.3) is 0 Å². The summed E-state index contributed by atoms with van der Waals surface area (Å²) in [5, 5.41) is 25.0. The Kier molecular flexibility index (Phi) is 15.5. The zero-order valence-corrected chi connectivity index (χ0v) is 44.7. The van der Waals surface area contributed by atoms with Crippen LogP contribution in [0.25, 0.3) is 11.4 Å². The predicted molar refractivity (Wildman–Crippen MR) is 281 cm³/mol. The normalized spacial score (nSPS) is 22.7. The van der Waals surface area contributed by atoms with Crippen LogP contribution in [0.1, 0.15) is 79.1 Å². The topological polar surface area (TPSA) is 262 Å². The monoisotopic (exact) mass is 1090 g/mol. The van der Waals surface area contributed by atoms with Gasteiger partial charge in [-0.05, 0) is 161 Å². The molecule has 5 N–H and O–H groups in total. The molecular formula is C50H65ClF2N18O6. The van der Waals surface area contributed by atoms with Crippen LogP contribution in [0.4, 0.5) is 37.7 Å². The standard InChI is InChI=1S/C25H32FN9O3.C14H20ClFN4.C11H13N5O3/c1-25(2)11-16(9-17-5-4-8-34(17)25)28-22-19(26)12-27-23(30-22)29-15-6-7-21(38-18-13-37-14-18)20(10-15)35-24(36)33(3)31-32-35;1-14(2)7-9(6-10-4-3-5-20(10)14)18-12-11(16)8-17-13(15)19-12;1-15-11(17)16(14-13-15)9-4-7(12)2-3-10(9)19-8-5-18-6-8/h6-7,10,12,16-18H,4-5,8-9,11,13-14H2,1-3H3,(H2,27,28,29,30);8-10H,3-7H2,1-2H3,(H,17,18,19);2-4,8H,5-6,12H2,1H3. The number of nitrogens with one attached hydrogen (secondary N) is 3. The Bertz CT molecular complexity index is 3180. The molecule has 6 aromatic rings. The third-order valence-electron chi connectivity index (χ3n) is 15.0. The number of rotatable bonds is 12. The van der Waals surface area contributed by atoms with Crippen LogP contribution in [-0.4, -0.2) is 156 Å². The summed E-state index contributed by atoms with van der Waals surface area (Å²) in [7, 11) is 3.05. The lowest BCUT2D eigenvalue weighted by Crippen LogP contribution is -2.55. The molecule has 24 nitrogen and oxygen atoms in total. The number of piperidine rings is 2. The number of fused-ring (bicyclic) bond motifs is 2. The summed E-state index contributed by atoms with van der Waals surface area (Å²) in [6, 6.07) is 11.7. The summed E-state index contributed by atoms with van der Waals surface area (Å²) in [6.45, 7) is 13.4. The number of anilines is 5. The van der Waals surface area contributed by atoms with Crippen molar-refractivity contribution >= 4 is 40.6 Å². The molecule has 0 aliphatic carbocycles. The van der Waals surface area contributed by atoms with Gasteiger partial charge in [0.15, 0.2) is 23.3 Å². The molecule has 77 heavy (non-hydrogen) atoms. The summed E-state index contributed by atoms with van der Waals surface area (Å²) < 4.78 is 55.1. The van der Waals surface area contributed by atoms with E-state index in [2.05, 4.69) is 94.2 Å². The molecule has 0 bridgehead atoms. The highest BCUT2D eigenvalue weighted by Crippen LogP contribution is 2.40. The second-order valence-corrected chi connectivity index (χ2v) is 21.9. The van der Waals surface area contributed by atoms with Gasteiger partial charge >= 0.3 is 11.4 Å². The van der Waals surface area contributed by atoms with Gasteiger partial charge in [0.05, 0.1) is 38.8 Å². The van der Waals surface area contributed by atoms with E-state index < -0.39 is 17.3 Å². The molecule has 412 valence electrons. The highest BCUT2D eigenvalue weighted by atomic mass is 35.5. The molecule has 6 saturated heterocycles. The fourth-order valence-corrected chi connectivity index (χ4v) is 11.4. The highest BCUT2D eigenvalue weighted by molar-refractivity contribution is 6.28. The van der Waals surface area contributed by atoms with Crippen molar-refractivity contribution in [3.05, 3.63) is 86.7 Å². The maximum atomic E-state index is 14.8. The Morgan fingerprint density at radius 1 is 0.688 bits per heavy atom. The van der Waals surface area contributed by atoms with Crippen molar-refractivity contribution in [3.63, 3.8) is 0 Å². The molecule has 6 aliphatic heterocycles. The van der Waals surface area contributed by atoms with Crippen molar-refractivity contribution in [2.75, 3.05) is 61.2 Å². The molecule has 0 amide bonds. The van der Waals surface area contributed by atoms with Crippen LogP contribution in [0.15, 0.2) is 58.4 Å². The lowest BCUT2D eigenvalue weighted by molar-refractivity contribution is -0.0797. The van der Waals surface area contributed by atoms with Crippen molar-refractivity contribution in [2.24, 2.45) is 14.1 Å². The molecule has 4 aromatic heterocycles. The Hall–Kier alpha value is -6.87. The van der Waals surface area contributed by atoms with E-state index in [0.717, 1.165) is 63.3 Å². The molecule has 4 unspecified atom stereocenters. The maximum Gasteiger partial charge on any atom is 0.368 e. The number of aryl methyl sites for hydroxylation is 2. The minimum Gasteiger partial charge on any atom is -0.483 e. The highest BCUT2D eigenvalue weighted by Gasteiger charge is 2.44. The third kappa shape index (κ3) is 12.0. The number of nitrogens with zero attached hydrogens (tertiary/aromatic N) is 14. The van der Waals surface area contributed by atoms with E-state index >= 15 is 0 Å². The van der Waals surface area contributed by atoms with Gasteiger partial charge in [-0.1, -0.05) is 0 Å². The van der Waals surface area contributed by atoms with Crippen molar-refractivity contribution in [1.82, 2.24) is 69.3 Å². The van der Waals surface area contributed by atoms with E-state index in [-0.39, 0.29) is 63.9 Å². The van der Waals surface area contributed by atoms with Crippen molar-refractivity contribution in [3.8, 4) is 22.9 Å². The number of aromatic nitrogens is 12. The van der Waals surface area contributed by atoms with Gasteiger partial charge in [0.1, 0.15) is 35.1 Å². The number of nitrogen functional groups attached to an aromatic ring is 1. The minimum atomic E-state index is -0.500. The van der Waals surface area contributed by atoms with Crippen LogP contribution in [-0.2, 0) is 23.6 Å². The van der Waals surface area contributed by atoms with Crippen LogP contribution >= 0.6 is 11.6 Å². The smallest absolute Gasteiger partial charge is 0.368 e.